The summed E-state index contributed by atoms with van der Waals surface area (Å²) in [6.07, 6.45) is 0.860. The maximum Gasteiger partial charge on any atom is 0.329 e. The first-order valence-electron chi connectivity index (χ1n) is 7.32. The average molecular weight is 287 g/mol. The van der Waals surface area contributed by atoms with Gasteiger partial charge < -0.3 is 20.2 Å². The highest BCUT2D eigenvalue weighted by atomic mass is 16.4. The minimum absolute atomic E-state index is 0.320. The molecule has 0 unspecified atom stereocenters. The number of likely N-dealkylation sites (N-methyl/N-ethyl adjacent to an activating group) is 1. The standard InChI is InChI=1S/C14H29N3O3/c1-6-16(7-2)11-9-10-15-13(20)17(8-3)14(4,5)12(18)19/h6-11H2,1-5H3,(H,15,20)(H,18,19). The molecule has 0 aromatic carbocycles. The molecule has 20 heavy (non-hydrogen) atoms. The number of hydrogen-bond acceptors (Lipinski definition) is 3. The monoisotopic (exact) mass is 287 g/mol. The fourth-order valence-electron chi connectivity index (χ4n) is 2.04. The minimum atomic E-state index is -1.20. The molecule has 6 heteroatoms. The van der Waals surface area contributed by atoms with Crippen LogP contribution in [0.15, 0.2) is 0 Å². The molecule has 0 atom stereocenters. The van der Waals surface area contributed by atoms with Gasteiger partial charge in [-0.05, 0) is 46.8 Å². The number of hydrogen-bond donors (Lipinski definition) is 2. The number of amides is 2. The van der Waals surface area contributed by atoms with Gasteiger partial charge in [-0.2, -0.15) is 0 Å². The van der Waals surface area contributed by atoms with E-state index < -0.39 is 11.5 Å². The van der Waals surface area contributed by atoms with Gasteiger partial charge in [-0.1, -0.05) is 13.8 Å². The lowest BCUT2D eigenvalue weighted by Crippen LogP contribution is -2.56. The zero-order valence-electron chi connectivity index (χ0n) is 13.4. The van der Waals surface area contributed by atoms with Gasteiger partial charge in [0.2, 0.25) is 0 Å². The highest BCUT2D eigenvalue weighted by Crippen LogP contribution is 2.14. The van der Waals surface area contributed by atoms with Crippen LogP contribution < -0.4 is 5.32 Å². The van der Waals surface area contributed by atoms with Crippen LogP contribution in [-0.4, -0.2) is 65.2 Å². The van der Waals surface area contributed by atoms with Crippen LogP contribution in [0.1, 0.15) is 41.0 Å². The third kappa shape index (κ3) is 5.36. The van der Waals surface area contributed by atoms with Crippen molar-refractivity contribution in [2.24, 2.45) is 0 Å². The number of nitrogens with one attached hydrogen (secondary N) is 1. The van der Waals surface area contributed by atoms with Gasteiger partial charge in [0.1, 0.15) is 5.54 Å². The summed E-state index contributed by atoms with van der Waals surface area (Å²) in [6, 6.07) is -0.320. The Labute approximate surface area is 122 Å². The van der Waals surface area contributed by atoms with E-state index in [1.807, 2.05) is 0 Å². The van der Waals surface area contributed by atoms with Gasteiger partial charge in [-0.15, -0.1) is 0 Å². The quantitative estimate of drug-likeness (QED) is 0.632. The molecule has 2 amide bonds. The number of rotatable bonds is 9. The Morgan fingerprint density at radius 1 is 1.10 bits per heavy atom. The molecule has 0 rings (SSSR count). The third-order valence-electron chi connectivity index (χ3n) is 3.58. The summed E-state index contributed by atoms with van der Waals surface area (Å²) in [5.74, 6) is -1.00. The molecule has 0 saturated carbocycles. The van der Waals surface area contributed by atoms with Crippen molar-refractivity contribution in [2.45, 2.75) is 46.6 Å². The maximum absolute atomic E-state index is 12.0. The lowest BCUT2D eigenvalue weighted by Gasteiger charge is -2.34. The van der Waals surface area contributed by atoms with Gasteiger partial charge in [0.05, 0.1) is 0 Å². The highest BCUT2D eigenvalue weighted by molar-refractivity contribution is 5.85. The molecule has 0 aliphatic carbocycles. The van der Waals surface area contributed by atoms with Crippen LogP contribution in [-0.2, 0) is 4.79 Å². The number of carboxylic acid groups (broad SMARTS) is 1. The SMILES string of the molecule is CCN(CC)CCCNC(=O)N(CC)C(C)(C)C(=O)O. The Morgan fingerprint density at radius 3 is 2.05 bits per heavy atom. The van der Waals surface area contributed by atoms with Crippen molar-refractivity contribution >= 4 is 12.0 Å². The van der Waals surface area contributed by atoms with E-state index in [0.717, 1.165) is 26.1 Å². The number of carbonyl (C=O) groups excluding carboxylic acids is 1. The van der Waals surface area contributed by atoms with Crippen molar-refractivity contribution in [1.82, 2.24) is 15.1 Å². The Bertz CT molecular complexity index is 315. The number of urea groups is 1. The highest BCUT2D eigenvalue weighted by Gasteiger charge is 2.36. The van der Waals surface area contributed by atoms with E-state index in [4.69, 9.17) is 0 Å². The van der Waals surface area contributed by atoms with E-state index in [0.29, 0.717) is 13.1 Å². The summed E-state index contributed by atoms with van der Waals surface area (Å²) in [6.45, 7) is 12.9. The molecule has 0 saturated heterocycles. The molecule has 2 N–H and O–H groups in total. The van der Waals surface area contributed by atoms with E-state index in [2.05, 4.69) is 24.1 Å². The second-order valence-electron chi connectivity index (χ2n) is 5.22. The molecule has 0 spiro atoms. The molecule has 118 valence electrons. The van der Waals surface area contributed by atoms with Crippen molar-refractivity contribution in [3.8, 4) is 0 Å². The topological polar surface area (TPSA) is 72.9 Å². The van der Waals surface area contributed by atoms with Crippen molar-refractivity contribution in [2.75, 3.05) is 32.7 Å². The van der Waals surface area contributed by atoms with E-state index in [-0.39, 0.29) is 6.03 Å². The lowest BCUT2D eigenvalue weighted by molar-refractivity contribution is -0.147. The van der Waals surface area contributed by atoms with Gasteiger partial charge in [0.25, 0.3) is 0 Å². The van der Waals surface area contributed by atoms with Gasteiger partial charge in [-0.3, -0.25) is 0 Å². The van der Waals surface area contributed by atoms with E-state index in [9.17, 15) is 14.7 Å². The summed E-state index contributed by atoms with van der Waals surface area (Å²) in [5.41, 5.74) is -1.20. The zero-order valence-corrected chi connectivity index (χ0v) is 13.4. The van der Waals surface area contributed by atoms with Crippen LogP contribution in [0.3, 0.4) is 0 Å². The Balaban J connectivity index is 4.28. The maximum atomic E-state index is 12.0. The van der Waals surface area contributed by atoms with Crippen LogP contribution in [0.5, 0.6) is 0 Å². The van der Waals surface area contributed by atoms with E-state index >= 15 is 0 Å². The van der Waals surface area contributed by atoms with Crippen molar-refractivity contribution in [1.29, 1.82) is 0 Å². The minimum Gasteiger partial charge on any atom is -0.480 e. The molecule has 0 fully saturated rings. The predicted octanol–water partition coefficient (Wildman–Crippen LogP) is 1.61. The molecule has 0 aliphatic rings. The molecule has 0 heterocycles. The fourth-order valence-corrected chi connectivity index (χ4v) is 2.04. The van der Waals surface area contributed by atoms with Crippen LogP contribution in [0.4, 0.5) is 4.79 Å². The Morgan fingerprint density at radius 2 is 1.65 bits per heavy atom. The fraction of sp³-hybridized carbons (Fsp3) is 0.857. The second kappa shape index (κ2) is 8.79. The normalized spacial score (nSPS) is 11.5. The van der Waals surface area contributed by atoms with Crippen molar-refractivity contribution in [3.63, 3.8) is 0 Å². The van der Waals surface area contributed by atoms with Crippen LogP contribution in [0, 0.1) is 0 Å². The largest absolute Gasteiger partial charge is 0.480 e. The predicted molar refractivity (Wildman–Crippen MR) is 79.9 cm³/mol. The van der Waals surface area contributed by atoms with Crippen molar-refractivity contribution < 1.29 is 14.7 Å². The first-order chi connectivity index (χ1) is 9.31. The summed E-state index contributed by atoms with van der Waals surface area (Å²) in [4.78, 5) is 26.9. The van der Waals surface area contributed by atoms with Crippen LogP contribution in [0.2, 0.25) is 0 Å². The Hall–Kier alpha value is -1.30. The number of nitrogens with zero attached hydrogens (tertiary/aromatic N) is 2. The van der Waals surface area contributed by atoms with Crippen molar-refractivity contribution in [3.05, 3.63) is 0 Å². The molecule has 0 aromatic heterocycles. The Kier molecular flexibility index (Phi) is 8.22. The van der Waals surface area contributed by atoms with Crippen LogP contribution in [0.25, 0.3) is 0 Å². The second-order valence-corrected chi connectivity index (χ2v) is 5.22. The summed E-state index contributed by atoms with van der Waals surface area (Å²) in [7, 11) is 0. The van der Waals surface area contributed by atoms with Gasteiger partial charge in [0.15, 0.2) is 0 Å². The van der Waals surface area contributed by atoms with Gasteiger partial charge in [0, 0.05) is 13.1 Å². The number of carbonyl (C=O) groups is 2. The van der Waals surface area contributed by atoms with E-state index in [1.165, 1.54) is 18.7 Å². The molecular formula is C14H29N3O3. The first-order valence-corrected chi connectivity index (χ1v) is 7.32. The van der Waals surface area contributed by atoms with Gasteiger partial charge >= 0.3 is 12.0 Å². The summed E-state index contributed by atoms with van der Waals surface area (Å²) in [5, 5.41) is 12.0. The van der Waals surface area contributed by atoms with Crippen LogP contribution >= 0.6 is 0 Å². The average Bonchev–Trinajstić information content (AvgIpc) is 2.39. The molecule has 0 bridgehead atoms. The zero-order chi connectivity index (χ0) is 15.8. The number of aliphatic carboxylic acids is 1. The first kappa shape index (κ1) is 18.7. The molecule has 6 nitrogen and oxygen atoms in total. The molecule has 0 radical (unpaired) electrons. The lowest BCUT2D eigenvalue weighted by atomic mass is 10.0. The number of carboxylic acids is 1. The summed E-state index contributed by atoms with van der Waals surface area (Å²) < 4.78 is 0. The molecule has 0 aromatic rings. The molecule has 0 aliphatic heterocycles. The smallest absolute Gasteiger partial charge is 0.329 e. The molecular weight excluding hydrogens is 258 g/mol. The summed E-state index contributed by atoms with van der Waals surface area (Å²) >= 11 is 0. The van der Waals surface area contributed by atoms with Gasteiger partial charge in [-0.25, -0.2) is 9.59 Å². The van der Waals surface area contributed by atoms with E-state index in [1.54, 1.807) is 6.92 Å². The third-order valence-corrected chi connectivity index (χ3v) is 3.58.